The first-order valence-corrected chi connectivity index (χ1v) is 16.5. The number of carbonyl (C=O) groups excluding carboxylic acids is 3. The van der Waals surface area contributed by atoms with Crippen LogP contribution in [-0.4, -0.2) is 73.9 Å². The van der Waals surface area contributed by atoms with Crippen LogP contribution in [0.4, 0.5) is 5.69 Å². The first kappa shape index (κ1) is 31.1. The number of anilines is 1. The molecule has 2 unspecified atom stereocenters. The number of likely N-dealkylation sites (tertiary alicyclic amines) is 1. The molecule has 3 fully saturated rings. The number of aliphatic hydroxyl groups is 1. The normalized spacial score (nSPS) is 27.3. The molecule has 8 heteroatoms. The van der Waals surface area contributed by atoms with Gasteiger partial charge in [-0.05, 0) is 55.2 Å². The van der Waals surface area contributed by atoms with Crippen molar-refractivity contribution in [1.29, 1.82) is 0 Å². The molecule has 2 bridgehead atoms. The van der Waals surface area contributed by atoms with Crippen LogP contribution >= 0.6 is 11.8 Å². The van der Waals surface area contributed by atoms with Crippen molar-refractivity contribution < 1.29 is 19.5 Å². The number of thioether (sulfide) groups is 1. The van der Waals surface area contributed by atoms with Crippen molar-refractivity contribution >= 4 is 45.9 Å². The first-order valence-electron chi connectivity index (χ1n) is 15.7. The van der Waals surface area contributed by atoms with Crippen molar-refractivity contribution in [3.05, 3.63) is 104 Å². The van der Waals surface area contributed by atoms with Gasteiger partial charge in [0.05, 0.1) is 29.2 Å². The van der Waals surface area contributed by atoms with Crippen molar-refractivity contribution in [2.75, 3.05) is 24.6 Å². The van der Waals surface area contributed by atoms with E-state index >= 15 is 0 Å². The molecule has 1 spiro atoms. The average molecular weight is 624 g/mol. The number of amides is 3. The van der Waals surface area contributed by atoms with Gasteiger partial charge >= 0.3 is 0 Å². The number of rotatable bonds is 11. The number of nitrogens with zero attached hydrogens (tertiary/aromatic N) is 3. The van der Waals surface area contributed by atoms with Gasteiger partial charge in [0.15, 0.2) is 0 Å². The van der Waals surface area contributed by atoms with Gasteiger partial charge in [0.25, 0.3) is 5.91 Å². The lowest BCUT2D eigenvalue weighted by molar-refractivity contribution is -0.146. The maximum absolute atomic E-state index is 14.9. The fourth-order valence-electron chi connectivity index (χ4n) is 7.91. The monoisotopic (exact) mass is 623 g/mol. The van der Waals surface area contributed by atoms with Gasteiger partial charge in [-0.15, -0.1) is 24.9 Å². The van der Waals surface area contributed by atoms with Gasteiger partial charge in [0, 0.05) is 30.1 Å². The Morgan fingerprint density at radius 1 is 1.00 bits per heavy atom. The molecule has 3 amide bonds. The molecule has 7 nitrogen and oxygen atoms in total. The molecule has 3 aliphatic rings. The molecule has 3 aromatic carbocycles. The third-order valence-electron chi connectivity index (χ3n) is 9.95. The Hall–Kier alpha value is -3.88. The van der Waals surface area contributed by atoms with Crippen molar-refractivity contribution in [1.82, 2.24) is 9.80 Å². The van der Waals surface area contributed by atoms with Crippen LogP contribution in [0.2, 0.25) is 0 Å². The molecule has 3 aliphatic heterocycles. The van der Waals surface area contributed by atoms with Crippen LogP contribution in [0, 0.1) is 11.8 Å². The minimum Gasteiger partial charge on any atom is -0.394 e. The van der Waals surface area contributed by atoms with Gasteiger partial charge in [-0.1, -0.05) is 72.8 Å². The highest BCUT2D eigenvalue weighted by molar-refractivity contribution is 8.02. The zero-order valence-corrected chi connectivity index (χ0v) is 26.8. The lowest BCUT2D eigenvalue weighted by Gasteiger charge is -2.39. The minimum absolute atomic E-state index is 0.0872. The third-order valence-corrected chi connectivity index (χ3v) is 11.9. The number of hydrogen-bond acceptors (Lipinski definition) is 5. The molecule has 3 saturated heterocycles. The summed E-state index contributed by atoms with van der Waals surface area (Å²) in [5.74, 6) is -1.80. The van der Waals surface area contributed by atoms with Crippen LogP contribution < -0.4 is 4.90 Å². The molecule has 0 radical (unpaired) electrons. The molecule has 1 N–H and O–H groups in total. The predicted octanol–water partition coefficient (Wildman–Crippen LogP) is 5.44. The van der Waals surface area contributed by atoms with E-state index in [0.717, 1.165) is 22.0 Å². The highest BCUT2D eigenvalue weighted by atomic mass is 32.2. The number of hydrogen-bond donors (Lipinski definition) is 1. The second-order valence-electron chi connectivity index (χ2n) is 12.8. The molecular formula is C37H41N3O4S. The molecule has 45 heavy (non-hydrogen) atoms. The summed E-state index contributed by atoms with van der Waals surface area (Å²) < 4.78 is -1.30. The molecule has 0 aromatic heterocycles. The fourth-order valence-corrected chi connectivity index (χ4v) is 10.2. The van der Waals surface area contributed by atoms with Crippen LogP contribution in [0.5, 0.6) is 0 Å². The zero-order chi connectivity index (χ0) is 31.9. The lowest BCUT2D eigenvalue weighted by atomic mass is 9.66. The summed E-state index contributed by atoms with van der Waals surface area (Å²) in [6.07, 6.45) is 4.77. The Morgan fingerprint density at radius 2 is 1.69 bits per heavy atom. The van der Waals surface area contributed by atoms with E-state index < -0.39 is 33.4 Å². The Labute approximate surface area is 269 Å². The van der Waals surface area contributed by atoms with E-state index in [1.807, 2.05) is 72.8 Å². The summed E-state index contributed by atoms with van der Waals surface area (Å²) in [7, 11) is 0. The summed E-state index contributed by atoms with van der Waals surface area (Å²) in [6.45, 7) is 12.4. The van der Waals surface area contributed by atoms with Gasteiger partial charge in [0.2, 0.25) is 11.8 Å². The van der Waals surface area contributed by atoms with E-state index in [1.54, 1.807) is 45.5 Å². The highest BCUT2D eigenvalue weighted by Gasteiger charge is 2.78. The zero-order valence-electron chi connectivity index (χ0n) is 26.0. The largest absolute Gasteiger partial charge is 0.394 e. The van der Waals surface area contributed by atoms with Gasteiger partial charge in [-0.3, -0.25) is 14.4 Å². The third kappa shape index (κ3) is 5.08. The van der Waals surface area contributed by atoms with E-state index in [4.69, 9.17) is 0 Å². The fraction of sp³-hybridized carbons (Fsp3) is 0.378. The van der Waals surface area contributed by atoms with Gasteiger partial charge in [-0.2, -0.15) is 0 Å². The van der Waals surface area contributed by atoms with Crippen molar-refractivity contribution in [2.24, 2.45) is 11.8 Å². The topological polar surface area (TPSA) is 81.2 Å². The molecule has 6 atom stereocenters. The van der Waals surface area contributed by atoms with Crippen molar-refractivity contribution in [3.63, 3.8) is 0 Å². The Kier molecular flexibility index (Phi) is 8.39. The second kappa shape index (κ2) is 12.1. The molecule has 234 valence electrons. The van der Waals surface area contributed by atoms with Crippen LogP contribution in [-0.2, 0) is 20.9 Å². The van der Waals surface area contributed by atoms with Gasteiger partial charge < -0.3 is 19.8 Å². The van der Waals surface area contributed by atoms with Crippen LogP contribution in [0.25, 0.3) is 10.8 Å². The highest BCUT2D eigenvalue weighted by Crippen LogP contribution is 2.72. The smallest absolute Gasteiger partial charge is 0.251 e. The second-order valence-corrected chi connectivity index (χ2v) is 14.7. The number of carbonyl (C=O) groups is 3. The Balaban J connectivity index is 1.41. The minimum atomic E-state index is -0.838. The first-order chi connectivity index (χ1) is 21.7. The summed E-state index contributed by atoms with van der Waals surface area (Å²) in [5.41, 5.74) is 1.72. The standard InChI is InChI=1S/C37H41N3O4S/c1-5-20-38(23-26-12-8-7-9-13-26)33(42)30-31-34(43)40(25(3)24-41)32(37(31)19-18-36(30,4)45-37)35(44)39(21-6-2)29-17-16-27-14-10-11-15-28(27)22-29/h5-17,22,25,30-32,41H,1-2,18-21,23-24H2,3-4H3/t25-,30-,31+,32?,36+,37?/m1/s1. The molecule has 3 aromatic rings. The molecular weight excluding hydrogens is 582 g/mol. The van der Waals surface area contributed by atoms with Crippen molar-refractivity contribution in [3.8, 4) is 0 Å². The quantitative estimate of drug-likeness (QED) is 0.288. The number of aliphatic hydroxyl groups excluding tert-OH is 1. The Bertz CT molecular complexity index is 1640. The van der Waals surface area contributed by atoms with E-state index in [-0.39, 0.29) is 30.9 Å². The summed E-state index contributed by atoms with van der Waals surface area (Å²) in [6, 6.07) is 22.3. The number of benzene rings is 3. The van der Waals surface area contributed by atoms with Gasteiger partial charge in [-0.25, -0.2) is 0 Å². The lowest BCUT2D eigenvalue weighted by Crippen LogP contribution is -2.57. The van der Waals surface area contributed by atoms with E-state index in [9.17, 15) is 19.5 Å². The average Bonchev–Trinajstić information content (AvgIpc) is 3.63. The summed E-state index contributed by atoms with van der Waals surface area (Å²) in [5, 5.41) is 12.4. The predicted molar refractivity (Wildman–Crippen MR) is 181 cm³/mol. The summed E-state index contributed by atoms with van der Waals surface area (Å²) >= 11 is 1.64. The van der Waals surface area contributed by atoms with Crippen LogP contribution in [0.15, 0.2) is 98.1 Å². The van der Waals surface area contributed by atoms with E-state index in [0.29, 0.717) is 25.9 Å². The maximum Gasteiger partial charge on any atom is 0.251 e. The van der Waals surface area contributed by atoms with Gasteiger partial charge in [0.1, 0.15) is 6.04 Å². The van der Waals surface area contributed by atoms with Crippen LogP contribution in [0.3, 0.4) is 0 Å². The van der Waals surface area contributed by atoms with E-state index in [1.165, 1.54) is 0 Å². The summed E-state index contributed by atoms with van der Waals surface area (Å²) in [4.78, 5) is 49.2. The number of fused-ring (bicyclic) bond motifs is 2. The maximum atomic E-state index is 14.9. The van der Waals surface area contributed by atoms with Crippen molar-refractivity contribution in [2.45, 2.75) is 54.8 Å². The molecule has 6 rings (SSSR count). The Morgan fingerprint density at radius 3 is 2.38 bits per heavy atom. The molecule has 0 aliphatic carbocycles. The SMILES string of the molecule is C=CCN(Cc1ccccc1)C(=O)[C@H]1[C@H]2C(=O)N([C@H](C)CO)C(C(=O)N(CC=C)c3ccc4ccccc4c3)C23CC[C@]1(C)S3. The molecule has 0 saturated carbocycles. The molecule has 3 heterocycles. The van der Waals surface area contributed by atoms with Crippen LogP contribution in [0.1, 0.15) is 32.3 Å². The van der Waals surface area contributed by atoms with E-state index in [2.05, 4.69) is 20.1 Å².